The molecule has 2 N–H and O–H groups in total. The first kappa shape index (κ1) is 20.1. The molecule has 5 rings (SSSR count). The number of nitrogens with one attached hydrogen (secondary N) is 1. The molecule has 1 saturated carbocycles. The largest absolute Gasteiger partial charge is 0.477 e. The maximum Gasteiger partial charge on any atom is 0.341 e. The quantitative estimate of drug-likeness (QED) is 0.786. The predicted octanol–water partition coefficient (Wildman–Crippen LogP) is 2.08. The van der Waals surface area contributed by atoms with Gasteiger partial charge in [0.05, 0.1) is 35.3 Å². The van der Waals surface area contributed by atoms with Crippen molar-refractivity contribution >= 4 is 35.0 Å². The van der Waals surface area contributed by atoms with Crippen molar-refractivity contribution in [2.75, 3.05) is 31.1 Å². The van der Waals surface area contributed by atoms with Crippen LogP contribution in [-0.2, 0) is 4.74 Å². The molecule has 0 spiro atoms. The number of carboxylic acids is 1. The Morgan fingerprint density at radius 3 is 2.76 bits per heavy atom. The van der Waals surface area contributed by atoms with E-state index in [4.69, 9.17) is 4.74 Å². The van der Waals surface area contributed by atoms with Gasteiger partial charge in [0.25, 0.3) is 0 Å². The molecule has 1 aromatic carbocycles. The van der Waals surface area contributed by atoms with Crippen LogP contribution in [0.5, 0.6) is 0 Å². The first-order valence-corrected chi connectivity index (χ1v) is 9.67. The molecule has 2 atom stereocenters. The van der Waals surface area contributed by atoms with E-state index < -0.39 is 17.2 Å². The van der Waals surface area contributed by atoms with Crippen LogP contribution in [0.4, 0.5) is 10.1 Å². The first-order valence-electron chi connectivity index (χ1n) is 9.67. The minimum atomic E-state index is -1.28. The Morgan fingerprint density at radius 1 is 1.34 bits per heavy atom. The molecule has 0 unspecified atom stereocenters. The minimum Gasteiger partial charge on any atom is -0.477 e. The zero-order valence-electron chi connectivity index (χ0n) is 16.0. The van der Waals surface area contributed by atoms with Crippen molar-refractivity contribution in [2.24, 2.45) is 0 Å². The smallest absolute Gasteiger partial charge is 0.341 e. The molecule has 3 fully saturated rings. The van der Waals surface area contributed by atoms with Crippen molar-refractivity contribution in [3.8, 4) is 0 Å². The Labute approximate surface area is 172 Å². The molecule has 1 aliphatic carbocycles. The molecular formula is C20H23ClFN3O4. The minimum absolute atomic E-state index is 0. The van der Waals surface area contributed by atoms with E-state index in [-0.39, 0.29) is 47.1 Å². The maximum atomic E-state index is 15.3. The third-order valence-electron chi connectivity index (χ3n) is 6.09. The van der Waals surface area contributed by atoms with Crippen LogP contribution in [0.1, 0.15) is 34.8 Å². The van der Waals surface area contributed by atoms with Crippen molar-refractivity contribution in [1.82, 2.24) is 9.88 Å². The number of fused-ring (bicyclic) bond motifs is 2. The van der Waals surface area contributed by atoms with E-state index in [1.54, 1.807) is 13.0 Å². The molecule has 1 aromatic heterocycles. The van der Waals surface area contributed by atoms with Gasteiger partial charge in [-0.15, -0.1) is 12.4 Å². The molecule has 3 aliphatic rings. The number of anilines is 1. The van der Waals surface area contributed by atoms with Crippen LogP contribution >= 0.6 is 12.4 Å². The summed E-state index contributed by atoms with van der Waals surface area (Å²) in [6.45, 7) is 4.21. The molecule has 2 saturated heterocycles. The topological polar surface area (TPSA) is 83.8 Å². The molecule has 9 heteroatoms. The van der Waals surface area contributed by atoms with Crippen LogP contribution in [0.15, 0.2) is 17.1 Å². The van der Waals surface area contributed by atoms with Crippen molar-refractivity contribution in [1.29, 1.82) is 0 Å². The molecule has 2 aromatic rings. The van der Waals surface area contributed by atoms with Crippen LogP contribution in [0, 0.1) is 12.7 Å². The Kier molecular flexibility index (Phi) is 5.04. The van der Waals surface area contributed by atoms with E-state index >= 15 is 4.39 Å². The molecule has 0 bridgehead atoms. The summed E-state index contributed by atoms with van der Waals surface area (Å²) < 4.78 is 23.0. The van der Waals surface area contributed by atoms with Gasteiger partial charge in [-0.05, 0) is 25.8 Å². The zero-order chi connectivity index (χ0) is 19.6. The molecule has 2 aliphatic heterocycles. The number of nitrogens with zero attached hydrogens (tertiary/aromatic N) is 2. The average molecular weight is 424 g/mol. The normalized spacial score (nSPS) is 23.7. The zero-order valence-corrected chi connectivity index (χ0v) is 16.8. The van der Waals surface area contributed by atoms with Crippen molar-refractivity contribution in [3.63, 3.8) is 0 Å². The van der Waals surface area contributed by atoms with E-state index in [2.05, 4.69) is 5.32 Å². The van der Waals surface area contributed by atoms with E-state index in [0.29, 0.717) is 30.9 Å². The van der Waals surface area contributed by atoms with Crippen molar-refractivity contribution in [2.45, 2.75) is 38.0 Å². The van der Waals surface area contributed by atoms with Gasteiger partial charge < -0.3 is 24.6 Å². The number of halogens is 2. The Morgan fingerprint density at radius 2 is 2.10 bits per heavy atom. The number of rotatable bonds is 3. The van der Waals surface area contributed by atoms with Crippen LogP contribution in [0.25, 0.3) is 10.9 Å². The first-order chi connectivity index (χ1) is 13.5. The lowest BCUT2D eigenvalue weighted by atomic mass is 10.0. The maximum absolute atomic E-state index is 15.3. The second kappa shape index (κ2) is 7.27. The summed E-state index contributed by atoms with van der Waals surface area (Å²) in [5, 5.41) is 13.0. The van der Waals surface area contributed by atoms with E-state index in [0.717, 1.165) is 19.4 Å². The van der Waals surface area contributed by atoms with Gasteiger partial charge in [-0.2, -0.15) is 0 Å². The standard InChI is InChI=1S/C20H22FN3O4.ClH/c1-10-17-14(24(11-2-3-11)7-12(19(17)25)20(26)27)6-15(18(10)21)23-8-13-16(9-23)28-5-4-22-13;/h6-7,11,13,16,22H,2-5,8-9H2,1H3,(H,26,27);1H/t13-,16+;/m0./s1. The van der Waals surface area contributed by atoms with Gasteiger partial charge >= 0.3 is 5.97 Å². The molecule has 0 amide bonds. The fourth-order valence-electron chi connectivity index (χ4n) is 4.48. The average Bonchev–Trinajstić information content (AvgIpc) is 3.42. The van der Waals surface area contributed by atoms with Crippen molar-refractivity contribution < 1.29 is 19.0 Å². The van der Waals surface area contributed by atoms with E-state index in [1.165, 1.54) is 6.20 Å². The number of carboxylic acid groups (broad SMARTS) is 1. The Bertz CT molecular complexity index is 1040. The summed E-state index contributed by atoms with van der Waals surface area (Å²) >= 11 is 0. The number of morpholine rings is 1. The van der Waals surface area contributed by atoms with Crippen molar-refractivity contribution in [3.05, 3.63) is 39.4 Å². The van der Waals surface area contributed by atoms with Gasteiger partial charge in [-0.25, -0.2) is 9.18 Å². The summed E-state index contributed by atoms with van der Waals surface area (Å²) in [7, 11) is 0. The number of ether oxygens (including phenoxy) is 1. The lowest BCUT2D eigenvalue weighted by Crippen LogP contribution is -2.47. The summed E-state index contributed by atoms with van der Waals surface area (Å²) in [5.74, 6) is -1.75. The second-order valence-corrected chi connectivity index (χ2v) is 7.92. The third kappa shape index (κ3) is 3.19. The molecule has 29 heavy (non-hydrogen) atoms. The number of hydrogen-bond acceptors (Lipinski definition) is 5. The second-order valence-electron chi connectivity index (χ2n) is 7.92. The molecule has 0 radical (unpaired) electrons. The number of carbonyl (C=O) groups is 1. The highest BCUT2D eigenvalue weighted by atomic mass is 35.5. The number of aromatic nitrogens is 1. The van der Waals surface area contributed by atoms with Crippen LogP contribution in [0.3, 0.4) is 0 Å². The van der Waals surface area contributed by atoms with Crippen LogP contribution < -0.4 is 15.6 Å². The number of benzene rings is 1. The molecular weight excluding hydrogens is 401 g/mol. The molecule has 156 valence electrons. The summed E-state index contributed by atoms with van der Waals surface area (Å²) in [4.78, 5) is 26.3. The number of aryl methyl sites for hydroxylation is 1. The third-order valence-corrected chi connectivity index (χ3v) is 6.09. The summed E-state index contributed by atoms with van der Waals surface area (Å²) in [6.07, 6.45) is 3.28. The lowest BCUT2D eigenvalue weighted by Gasteiger charge is -2.25. The van der Waals surface area contributed by atoms with E-state index in [9.17, 15) is 14.7 Å². The van der Waals surface area contributed by atoms with Crippen LogP contribution in [0.2, 0.25) is 0 Å². The SMILES string of the molecule is Cc1c(F)c(N2C[C@@H]3NCCO[C@@H]3C2)cc2c1c(=O)c(C(=O)O)cn2C1CC1.Cl. The number of aromatic carboxylic acids is 1. The van der Waals surface area contributed by atoms with Gasteiger partial charge in [0.15, 0.2) is 0 Å². The molecule has 7 nitrogen and oxygen atoms in total. The number of hydrogen-bond donors (Lipinski definition) is 2. The Balaban J connectivity index is 0.00000205. The highest BCUT2D eigenvalue weighted by molar-refractivity contribution is 5.95. The molecule has 3 heterocycles. The fourth-order valence-corrected chi connectivity index (χ4v) is 4.48. The fraction of sp³-hybridized carbons (Fsp3) is 0.500. The van der Waals surface area contributed by atoms with Crippen LogP contribution in [-0.4, -0.2) is 54.0 Å². The lowest BCUT2D eigenvalue weighted by molar-refractivity contribution is 0.0212. The van der Waals surface area contributed by atoms with Gasteiger partial charge in [-0.3, -0.25) is 4.79 Å². The highest BCUT2D eigenvalue weighted by Gasteiger charge is 2.37. The monoisotopic (exact) mass is 423 g/mol. The van der Waals surface area contributed by atoms with Gasteiger partial charge in [-0.1, -0.05) is 0 Å². The Hall–Kier alpha value is -2.16. The van der Waals surface area contributed by atoms with Gasteiger partial charge in [0, 0.05) is 37.4 Å². The number of pyridine rings is 1. The van der Waals surface area contributed by atoms with E-state index in [1.807, 2.05) is 9.47 Å². The van der Waals surface area contributed by atoms with Gasteiger partial charge in [0.1, 0.15) is 11.4 Å². The predicted molar refractivity (Wildman–Crippen MR) is 109 cm³/mol. The highest BCUT2D eigenvalue weighted by Crippen LogP contribution is 2.39. The van der Waals surface area contributed by atoms with Gasteiger partial charge in [0.2, 0.25) is 5.43 Å². The summed E-state index contributed by atoms with van der Waals surface area (Å²) in [6, 6.07) is 2.02. The summed E-state index contributed by atoms with van der Waals surface area (Å²) in [5.41, 5.74) is 0.331.